The third kappa shape index (κ3) is 4.25. The molecule has 37 heavy (non-hydrogen) atoms. The lowest BCUT2D eigenvalue weighted by molar-refractivity contribution is -0.384. The van der Waals surface area contributed by atoms with E-state index in [4.69, 9.17) is 0 Å². The molecule has 1 heterocycles. The minimum Gasteiger partial charge on any atom is -0.507 e. The van der Waals surface area contributed by atoms with Crippen LogP contribution in [0.1, 0.15) is 17.2 Å². The molecule has 1 aliphatic heterocycles. The summed E-state index contributed by atoms with van der Waals surface area (Å²) in [6.07, 6.45) is 0. The zero-order valence-corrected chi connectivity index (χ0v) is 19.2. The second-order valence-electron chi connectivity index (χ2n) is 8.41. The summed E-state index contributed by atoms with van der Waals surface area (Å²) in [5.41, 5.74) is 1.67. The molecule has 0 aromatic heterocycles. The quantitative estimate of drug-likeness (QED) is 0.120. The standard InChI is InChI=1S/C29H19FN2O5/c30-24-12-5-4-11-23(24)27(33)25-26(19-13-15-21(16-14-19)32(36)37)31(29(35)28(25)34)22-10-6-9-20(17-22)18-7-2-1-3-8-18/h1-17,26,33H/b27-25-. The number of carbonyl (C=O) groups is 2. The Labute approximate surface area is 210 Å². The molecule has 1 N–H and O–H groups in total. The molecule has 0 spiro atoms. The van der Waals surface area contributed by atoms with E-state index in [2.05, 4.69) is 0 Å². The highest BCUT2D eigenvalue weighted by Crippen LogP contribution is 2.43. The number of ketones is 1. The smallest absolute Gasteiger partial charge is 0.300 e. The summed E-state index contributed by atoms with van der Waals surface area (Å²) < 4.78 is 14.6. The van der Waals surface area contributed by atoms with Gasteiger partial charge in [-0.05, 0) is 53.1 Å². The SMILES string of the molecule is O=C1C(=O)N(c2cccc(-c3ccccc3)c2)C(c2ccc([N+](=O)[O-])cc2)/C1=C(/O)c1ccccc1F. The number of aliphatic hydroxyl groups is 1. The van der Waals surface area contributed by atoms with Gasteiger partial charge in [0.25, 0.3) is 17.4 Å². The first kappa shape index (κ1) is 23.6. The molecule has 1 amide bonds. The van der Waals surface area contributed by atoms with Crippen molar-refractivity contribution in [2.24, 2.45) is 0 Å². The van der Waals surface area contributed by atoms with E-state index >= 15 is 0 Å². The number of aliphatic hydroxyl groups excluding tert-OH is 1. The normalized spacial score (nSPS) is 16.7. The fraction of sp³-hybridized carbons (Fsp3) is 0.0345. The molecule has 0 aliphatic carbocycles. The summed E-state index contributed by atoms with van der Waals surface area (Å²) in [5, 5.41) is 22.3. The van der Waals surface area contributed by atoms with Crippen LogP contribution in [-0.4, -0.2) is 21.7 Å². The third-order valence-corrected chi connectivity index (χ3v) is 6.22. The number of hydrogen-bond acceptors (Lipinski definition) is 5. The highest BCUT2D eigenvalue weighted by Gasteiger charge is 2.47. The number of non-ortho nitro benzene ring substituents is 1. The molecule has 1 aliphatic rings. The number of hydrogen-bond donors (Lipinski definition) is 1. The van der Waals surface area contributed by atoms with Gasteiger partial charge in [-0.1, -0.05) is 54.6 Å². The van der Waals surface area contributed by atoms with Gasteiger partial charge in [0.2, 0.25) is 0 Å². The first-order valence-electron chi connectivity index (χ1n) is 11.3. The lowest BCUT2D eigenvalue weighted by Crippen LogP contribution is -2.29. The van der Waals surface area contributed by atoms with Gasteiger partial charge >= 0.3 is 0 Å². The summed E-state index contributed by atoms with van der Waals surface area (Å²) in [7, 11) is 0. The Morgan fingerprint density at radius 1 is 0.838 bits per heavy atom. The Balaban J connectivity index is 1.71. The van der Waals surface area contributed by atoms with Crippen LogP contribution in [-0.2, 0) is 9.59 Å². The third-order valence-electron chi connectivity index (χ3n) is 6.22. The summed E-state index contributed by atoms with van der Waals surface area (Å²) >= 11 is 0. The molecule has 182 valence electrons. The van der Waals surface area contributed by atoms with Gasteiger partial charge in [0.1, 0.15) is 11.6 Å². The molecule has 8 heteroatoms. The number of carbonyl (C=O) groups excluding carboxylic acids is 2. The number of rotatable bonds is 5. The summed E-state index contributed by atoms with van der Waals surface area (Å²) in [4.78, 5) is 38.5. The number of anilines is 1. The largest absolute Gasteiger partial charge is 0.507 e. The molecular formula is C29H19FN2O5. The maximum Gasteiger partial charge on any atom is 0.300 e. The minimum absolute atomic E-state index is 0.180. The Morgan fingerprint density at radius 2 is 1.49 bits per heavy atom. The van der Waals surface area contributed by atoms with Crippen LogP contribution in [0.4, 0.5) is 15.8 Å². The average molecular weight is 494 g/mol. The Hall–Kier alpha value is -5.11. The van der Waals surface area contributed by atoms with Crippen LogP contribution in [0.15, 0.2) is 109 Å². The van der Waals surface area contributed by atoms with E-state index in [0.717, 1.165) is 17.2 Å². The van der Waals surface area contributed by atoms with Crippen molar-refractivity contribution in [3.8, 4) is 11.1 Å². The number of halogens is 1. The maximum atomic E-state index is 14.6. The molecule has 1 saturated heterocycles. The zero-order chi connectivity index (χ0) is 26.1. The van der Waals surface area contributed by atoms with Crippen LogP contribution >= 0.6 is 0 Å². The monoisotopic (exact) mass is 494 g/mol. The Kier molecular flexibility index (Phi) is 6.07. The molecule has 0 saturated carbocycles. The van der Waals surface area contributed by atoms with Crippen LogP contribution < -0.4 is 4.90 Å². The predicted octanol–water partition coefficient (Wildman–Crippen LogP) is 6.03. The molecule has 1 fully saturated rings. The number of nitro benzene ring substituents is 1. The van der Waals surface area contributed by atoms with E-state index in [1.54, 1.807) is 18.2 Å². The van der Waals surface area contributed by atoms with E-state index in [9.17, 15) is 29.2 Å². The van der Waals surface area contributed by atoms with Crippen molar-refractivity contribution in [2.45, 2.75) is 6.04 Å². The van der Waals surface area contributed by atoms with Gasteiger partial charge in [-0.15, -0.1) is 0 Å². The Bertz CT molecular complexity index is 1570. The van der Waals surface area contributed by atoms with Crippen molar-refractivity contribution in [1.82, 2.24) is 0 Å². The number of nitro groups is 1. The van der Waals surface area contributed by atoms with Crippen LogP contribution in [0.3, 0.4) is 0 Å². The van der Waals surface area contributed by atoms with Crippen LogP contribution in [0, 0.1) is 15.9 Å². The molecule has 1 atom stereocenters. The van der Waals surface area contributed by atoms with E-state index in [0.29, 0.717) is 11.3 Å². The average Bonchev–Trinajstić information content (AvgIpc) is 3.19. The van der Waals surface area contributed by atoms with E-state index < -0.39 is 34.2 Å². The van der Waals surface area contributed by atoms with Gasteiger partial charge in [-0.3, -0.25) is 24.6 Å². The fourth-order valence-corrected chi connectivity index (χ4v) is 4.46. The summed E-state index contributed by atoms with van der Waals surface area (Å²) in [6, 6.07) is 26.0. The minimum atomic E-state index is -1.15. The van der Waals surface area contributed by atoms with Gasteiger partial charge in [0, 0.05) is 17.8 Å². The van der Waals surface area contributed by atoms with Gasteiger partial charge < -0.3 is 5.11 Å². The molecule has 0 radical (unpaired) electrons. The molecular weight excluding hydrogens is 475 g/mol. The summed E-state index contributed by atoms with van der Waals surface area (Å²) in [5.74, 6) is -3.33. The van der Waals surface area contributed by atoms with E-state index in [1.807, 2.05) is 36.4 Å². The van der Waals surface area contributed by atoms with Crippen LogP contribution in [0.2, 0.25) is 0 Å². The number of benzene rings is 4. The van der Waals surface area contributed by atoms with Crippen molar-refractivity contribution < 1.29 is 24.0 Å². The second-order valence-corrected chi connectivity index (χ2v) is 8.41. The molecule has 5 rings (SSSR count). The van der Waals surface area contributed by atoms with Crippen molar-refractivity contribution in [2.75, 3.05) is 4.90 Å². The predicted molar refractivity (Wildman–Crippen MR) is 136 cm³/mol. The van der Waals surface area contributed by atoms with E-state index in [-0.39, 0.29) is 16.8 Å². The highest BCUT2D eigenvalue weighted by atomic mass is 19.1. The first-order chi connectivity index (χ1) is 17.9. The lowest BCUT2D eigenvalue weighted by atomic mass is 9.94. The molecule has 7 nitrogen and oxygen atoms in total. The van der Waals surface area contributed by atoms with Gasteiger partial charge in [0.15, 0.2) is 0 Å². The topological polar surface area (TPSA) is 101 Å². The van der Waals surface area contributed by atoms with Crippen molar-refractivity contribution >= 4 is 28.8 Å². The number of Topliss-reactive ketones (excluding diaryl/α,β-unsaturated/α-hetero) is 1. The second kappa shape index (κ2) is 9.50. The first-order valence-corrected chi connectivity index (χ1v) is 11.3. The number of nitrogens with zero attached hydrogens (tertiary/aromatic N) is 2. The van der Waals surface area contributed by atoms with Gasteiger partial charge in [-0.25, -0.2) is 4.39 Å². The maximum absolute atomic E-state index is 14.6. The zero-order valence-electron chi connectivity index (χ0n) is 19.2. The fourth-order valence-electron chi connectivity index (χ4n) is 4.46. The molecule has 0 bridgehead atoms. The van der Waals surface area contributed by atoms with Crippen molar-refractivity contribution in [3.63, 3.8) is 0 Å². The number of amides is 1. The van der Waals surface area contributed by atoms with Crippen LogP contribution in [0.25, 0.3) is 16.9 Å². The summed E-state index contributed by atoms with van der Waals surface area (Å²) in [6.45, 7) is 0. The Morgan fingerprint density at radius 3 is 2.16 bits per heavy atom. The van der Waals surface area contributed by atoms with Crippen molar-refractivity contribution in [3.05, 3.63) is 136 Å². The van der Waals surface area contributed by atoms with E-state index in [1.165, 1.54) is 47.4 Å². The van der Waals surface area contributed by atoms with Crippen molar-refractivity contribution in [1.29, 1.82) is 0 Å². The molecule has 4 aromatic carbocycles. The molecule has 4 aromatic rings. The van der Waals surface area contributed by atoms with Gasteiger partial charge in [-0.2, -0.15) is 0 Å². The van der Waals surface area contributed by atoms with Crippen LogP contribution in [0.5, 0.6) is 0 Å². The van der Waals surface area contributed by atoms with Gasteiger partial charge in [0.05, 0.1) is 22.1 Å². The highest BCUT2D eigenvalue weighted by molar-refractivity contribution is 6.51. The molecule has 1 unspecified atom stereocenters. The lowest BCUT2D eigenvalue weighted by Gasteiger charge is -2.26.